The Morgan fingerprint density at radius 2 is 2.05 bits per heavy atom. The quantitative estimate of drug-likeness (QED) is 0.827. The van der Waals surface area contributed by atoms with E-state index >= 15 is 0 Å². The summed E-state index contributed by atoms with van der Waals surface area (Å²) in [7, 11) is 0. The van der Waals surface area contributed by atoms with E-state index in [1.807, 2.05) is 44.2 Å². The van der Waals surface area contributed by atoms with Crippen molar-refractivity contribution in [3.8, 4) is 11.9 Å². The van der Waals surface area contributed by atoms with Gasteiger partial charge < -0.3 is 10.5 Å². The molecule has 0 spiro atoms. The summed E-state index contributed by atoms with van der Waals surface area (Å²) in [5.74, 6) is 0.545. The van der Waals surface area contributed by atoms with Gasteiger partial charge >= 0.3 is 0 Å². The molecule has 1 atom stereocenters. The highest BCUT2D eigenvalue weighted by Crippen LogP contribution is 2.47. The van der Waals surface area contributed by atoms with E-state index in [9.17, 15) is 5.26 Å². The van der Waals surface area contributed by atoms with Gasteiger partial charge in [0.1, 0.15) is 11.6 Å². The number of allylic oxidation sites excluding steroid dienone is 1. The average Bonchev–Trinajstić information content (AvgIpc) is 2.82. The van der Waals surface area contributed by atoms with Crippen molar-refractivity contribution in [1.29, 1.82) is 5.26 Å². The van der Waals surface area contributed by atoms with Crippen molar-refractivity contribution in [1.82, 2.24) is 10.2 Å². The van der Waals surface area contributed by atoms with Crippen LogP contribution in [0.4, 0.5) is 0 Å². The molecular formula is C15H14N4O. The van der Waals surface area contributed by atoms with Gasteiger partial charge in [0.15, 0.2) is 0 Å². The first-order chi connectivity index (χ1) is 9.59. The minimum Gasteiger partial charge on any atom is -0.420 e. The predicted molar refractivity (Wildman–Crippen MR) is 73.7 cm³/mol. The Morgan fingerprint density at radius 3 is 2.70 bits per heavy atom. The zero-order valence-corrected chi connectivity index (χ0v) is 11.3. The zero-order chi connectivity index (χ0) is 14.3. The van der Waals surface area contributed by atoms with Crippen molar-refractivity contribution in [3.63, 3.8) is 0 Å². The summed E-state index contributed by atoms with van der Waals surface area (Å²) in [6.07, 6.45) is 0. The molecule has 1 unspecified atom stereocenters. The number of nitrogens with two attached hydrogens (primary N) is 1. The average molecular weight is 266 g/mol. The highest BCUT2D eigenvalue weighted by molar-refractivity contribution is 5.60. The van der Waals surface area contributed by atoms with Crippen molar-refractivity contribution < 1.29 is 4.74 Å². The third-order valence-electron chi connectivity index (χ3n) is 3.83. The Labute approximate surface area is 116 Å². The normalized spacial score (nSPS) is 21.1. The van der Waals surface area contributed by atoms with Crippen molar-refractivity contribution in [3.05, 3.63) is 58.6 Å². The summed E-state index contributed by atoms with van der Waals surface area (Å²) < 4.78 is 5.47. The molecule has 1 aromatic heterocycles. The van der Waals surface area contributed by atoms with Gasteiger partial charge in [0, 0.05) is 5.69 Å². The van der Waals surface area contributed by atoms with E-state index in [2.05, 4.69) is 16.3 Å². The molecule has 100 valence electrons. The molecular weight excluding hydrogens is 252 g/mol. The number of aromatic nitrogens is 2. The van der Waals surface area contributed by atoms with Gasteiger partial charge in [0.05, 0.1) is 11.0 Å². The molecule has 2 heterocycles. The highest BCUT2D eigenvalue weighted by atomic mass is 16.5. The number of aromatic amines is 1. The summed E-state index contributed by atoms with van der Waals surface area (Å²) >= 11 is 0. The van der Waals surface area contributed by atoms with Crippen LogP contribution < -0.4 is 10.5 Å². The Hall–Kier alpha value is -2.74. The smallest absolute Gasteiger partial charge is 0.244 e. The first-order valence-corrected chi connectivity index (χ1v) is 6.28. The second-order valence-corrected chi connectivity index (χ2v) is 4.97. The van der Waals surface area contributed by atoms with Gasteiger partial charge in [-0.1, -0.05) is 30.3 Å². The van der Waals surface area contributed by atoms with Gasteiger partial charge in [-0.3, -0.25) is 5.10 Å². The van der Waals surface area contributed by atoms with Crippen molar-refractivity contribution in [2.75, 3.05) is 0 Å². The molecule has 5 nitrogen and oxygen atoms in total. The Morgan fingerprint density at radius 1 is 1.35 bits per heavy atom. The number of benzene rings is 1. The van der Waals surface area contributed by atoms with E-state index < -0.39 is 5.41 Å². The van der Waals surface area contributed by atoms with Crippen LogP contribution in [0.25, 0.3) is 0 Å². The molecule has 3 N–H and O–H groups in total. The van der Waals surface area contributed by atoms with E-state index in [1.54, 1.807) is 0 Å². The minimum atomic E-state index is -0.662. The van der Waals surface area contributed by atoms with Crippen LogP contribution in [0, 0.1) is 18.3 Å². The van der Waals surface area contributed by atoms with Crippen LogP contribution in [0.3, 0.4) is 0 Å². The fourth-order valence-electron chi connectivity index (χ4n) is 2.82. The van der Waals surface area contributed by atoms with Crippen LogP contribution in [-0.4, -0.2) is 10.2 Å². The topological polar surface area (TPSA) is 87.7 Å². The van der Waals surface area contributed by atoms with Crippen LogP contribution in [-0.2, 0) is 5.41 Å². The van der Waals surface area contributed by atoms with Gasteiger partial charge in [0.2, 0.25) is 11.8 Å². The fraction of sp³-hybridized carbons (Fsp3) is 0.200. The summed E-state index contributed by atoms with van der Waals surface area (Å²) in [5, 5.41) is 16.5. The van der Waals surface area contributed by atoms with Gasteiger partial charge in [0.25, 0.3) is 0 Å². The van der Waals surface area contributed by atoms with Crippen LogP contribution in [0.15, 0.2) is 41.8 Å². The number of aryl methyl sites for hydroxylation is 1. The monoisotopic (exact) mass is 266 g/mol. The Kier molecular flexibility index (Phi) is 2.54. The molecule has 3 rings (SSSR count). The number of ether oxygens (including phenoxy) is 1. The first-order valence-electron chi connectivity index (χ1n) is 6.28. The molecule has 0 saturated carbocycles. The number of nitrogens with zero attached hydrogens (tertiary/aromatic N) is 2. The van der Waals surface area contributed by atoms with Crippen molar-refractivity contribution in [2.24, 2.45) is 5.73 Å². The van der Waals surface area contributed by atoms with Crippen molar-refractivity contribution in [2.45, 2.75) is 19.3 Å². The first kappa shape index (κ1) is 12.3. The van der Waals surface area contributed by atoms with E-state index in [0.29, 0.717) is 11.5 Å². The van der Waals surface area contributed by atoms with E-state index in [4.69, 9.17) is 10.5 Å². The molecule has 0 fully saturated rings. The molecule has 1 aliphatic rings. The number of fused-ring (bicyclic) bond motifs is 1. The Bertz CT molecular complexity index is 739. The molecule has 1 aromatic carbocycles. The van der Waals surface area contributed by atoms with Crippen LogP contribution in [0.5, 0.6) is 5.88 Å². The molecule has 0 bridgehead atoms. The maximum atomic E-state index is 9.51. The van der Waals surface area contributed by atoms with Crippen molar-refractivity contribution >= 4 is 0 Å². The number of hydrogen-bond donors (Lipinski definition) is 2. The molecule has 0 aliphatic carbocycles. The highest BCUT2D eigenvalue weighted by Gasteiger charge is 2.44. The standard InChI is InChI=1S/C15H14N4O/c1-9-12-14(19-18-9)20-13(17)11(8-16)15(12,2)10-6-4-3-5-7-10/h3-7H,17H2,1-2H3,(H,18,19). The molecule has 2 aromatic rings. The lowest BCUT2D eigenvalue weighted by molar-refractivity contribution is 0.362. The number of H-pyrrole nitrogens is 1. The molecule has 5 heteroatoms. The molecule has 0 amide bonds. The summed E-state index contributed by atoms with van der Waals surface area (Å²) in [4.78, 5) is 0. The maximum Gasteiger partial charge on any atom is 0.244 e. The van der Waals surface area contributed by atoms with E-state index in [1.165, 1.54) is 0 Å². The molecule has 20 heavy (non-hydrogen) atoms. The van der Waals surface area contributed by atoms with Crippen LogP contribution in [0.1, 0.15) is 23.7 Å². The maximum absolute atomic E-state index is 9.51. The molecule has 0 saturated heterocycles. The van der Waals surface area contributed by atoms with E-state index in [0.717, 1.165) is 16.8 Å². The third kappa shape index (κ3) is 1.45. The second kappa shape index (κ2) is 4.14. The summed E-state index contributed by atoms with van der Waals surface area (Å²) in [5.41, 5.74) is 8.35. The SMILES string of the molecule is Cc1[nH]nc2c1C(C)(c1ccccc1)C(C#N)=C(N)O2. The fourth-order valence-corrected chi connectivity index (χ4v) is 2.82. The summed E-state index contributed by atoms with van der Waals surface area (Å²) in [6.45, 7) is 3.88. The number of nitrogens with one attached hydrogen (secondary N) is 1. The Balaban J connectivity index is 2.36. The van der Waals surface area contributed by atoms with Gasteiger partial charge in [-0.2, -0.15) is 5.26 Å². The molecule has 0 radical (unpaired) electrons. The van der Waals surface area contributed by atoms with Gasteiger partial charge in [-0.15, -0.1) is 5.10 Å². The number of rotatable bonds is 1. The van der Waals surface area contributed by atoms with Gasteiger partial charge in [-0.25, -0.2) is 0 Å². The lowest BCUT2D eigenvalue weighted by Crippen LogP contribution is -2.34. The predicted octanol–water partition coefficient (Wildman–Crippen LogP) is 2.11. The second-order valence-electron chi connectivity index (χ2n) is 4.97. The zero-order valence-electron chi connectivity index (χ0n) is 11.3. The number of nitriles is 1. The number of hydrogen-bond acceptors (Lipinski definition) is 4. The minimum absolute atomic E-state index is 0.109. The third-order valence-corrected chi connectivity index (χ3v) is 3.83. The van der Waals surface area contributed by atoms with Crippen LogP contribution >= 0.6 is 0 Å². The largest absolute Gasteiger partial charge is 0.420 e. The van der Waals surface area contributed by atoms with E-state index in [-0.39, 0.29) is 5.88 Å². The van der Waals surface area contributed by atoms with Crippen LogP contribution in [0.2, 0.25) is 0 Å². The summed E-state index contributed by atoms with van der Waals surface area (Å²) in [6, 6.07) is 12.0. The lowest BCUT2D eigenvalue weighted by Gasteiger charge is -2.33. The lowest BCUT2D eigenvalue weighted by atomic mass is 9.70. The van der Waals surface area contributed by atoms with Gasteiger partial charge in [-0.05, 0) is 19.4 Å². The molecule has 1 aliphatic heterocycles.